The fourth-order valence-electron chi connectivity index (χ4n) is 3.77. The van der Waals surface area contributed by atoms with Crippen molar-refractivity contribution in [2.24, 2.45) is 5.41 Å². The number of nitrogens with zero attached hydrogens (tertiary/aromatic N) is 2. The number of benzene rings is 1. The third-order valence-electron chi connectivity index (χ3n) is 5.50. The zero-order valence-corrected chi connectivity index (χ0v) is 22.2. The van der Waals surface area contributed by atoms with E-state index in [9.17, 15) is 14.7 Å². The van der Waals surface area contributed by atoms with Crippen molar-refractivity contribution in [1.82, 2.24) is 9.47 Å². The number of fused-ring (bicyclic) bond motifs is 1. The molecule has 1 amide bonds. The number of unbranched alkanes of at least 4 members (excludes halogenated alkanes) is 1. The Labute approximate surface area is 203 Å². The van der Waals surface area contributed by atoms with Crippen LogP contribution in [0.15, 0.2) is 23.0 Å². The Morgan fingerprint density at radius 2 is 1.68 bits per heavy atom. The van der Waals surface area contributed by atoms with Crippen molar-refractivity contribution in [3.05, 3.63) is 34.2 Å². The number of aromatic nitrogens is 1. The first-order valence-electron chi connectivity index (χ1n) is 12.3. The Kier molecular flexibility index (Phi) is 9.03. The fourth-order valence-corrected chi connectivity index (χ4v) is 3.77. The van der Waals surface area contributed by atoms with Gasteiger partial charge in [0.1, 0.15) is 11.5 Å². The molecule has 0 aliphatic heterocycles. The van der Waals surface area contributed by atoms with Crippen LogP contribution in [0, 0.1) is 5.41 Å². The van der Waals surface area contributed by atoms with Gasteiger partial charge in [-0.25, -0.2) is 4.79 Å². The second kappa shape index (κ2) is 11.2. The van der Waals surface area contributed by atoms with Crippen LogP contribution in [0.5, 0.6) is 11.5 Å². The minimum atomic E-state index is -1.04. The van der Waals surface area contributed by atoms with Crippen LogP contribution in [-0.2, 0) is 13.1 Å². The zero-order chi connectivity index (χ0) is 25.7. The highest BCUT2D eigenvalue weighted by atomic mass is 16.5. The molecule has 7 nitrogen and oxygen atoms in total. The number of rotatable bonds is 10. The Morgan fingerprint density at radius 1 is 1.00 bits per heavy atom. The van der Waals surface area contributed by atoms with Crippen LogP contribution in [0.3, 0.4) is 0 Å². The predicted molar refractivity (Wildman–Crippen MR) is 137 cm³/mol. The van der Waals surface area contributed by atoms with Gasteiger partial charge in [0.2, 0.25) is 0 Å². The normalized spacial score (nSPS) is 12.1. The van der Waals surface area contributed by atoms with Gasteiger partial charge < -0.3 is 19.1 Å². The molecule has 0 atom stereocenters. The van der Waals surface area contributed by atoms with Crippen LogP contribution >= 0.6 is 0 Å². The van der Waals surface area contributed by atoms with Crippen LogP contribution in [-0.4, -0.2) is 39.4 Å². The van der Waals surface area contributed by atoms with Crippen molar-refractivity contribution in [2.75, 3.05) is 13.2 Å². The molecule has 0 spiro atoms. The van der Waals surface area contributed by atoms with E-state index in [0.29, 0.717) is 47.7 Å². The van der Waals surface area contributed by atoms with Gasteiger partial charge in [0.25, 0.3) is 5.56 Å². The minimum Gasteiger partial charge on any atom is -0.494 e. The lowest BCUT2D eigenvalue weighted by atomic mass is 9.96. The number of carboxylic acid groups (broad SMARTS) is 1. The quantitative estimate of drug-likeness (QED) is 0.409. The maximum Gasteiger partial charge on any atom is 0.408 e. The molecule has 7 heteroatoms. The molecule has 0 saturated carbocycles. The number of pyridine rings is 1. The molecular weight excluding hydrogens is 432 g/mol. The third kappa shape index (κ3) is 6.90. The average Bonchev–Trinajstić information content (AvgIpc) is 2.72. The van der Waals surface area contributed by atoms with E-state index >= 15 is 0 Å². The SMILES string of the molecule is CCCCOc1c(CN(C(=O)O)C(C)(C)C)n(CC(C)(C)C)c(=O)c2ccc(OCCC)cc12. The van der Waals surface area contributed by atoms with E-state index in [0.717, 1.165) is 19.3 Å². The van der Waals surface area contributed by atoms with E-state index in [2.05, 4.69) is 27.7 Å². The molecule has 1 N–H and O–H groups in total. The highest BCUT2D eigenvalue weighted by molar-refractivity contribution is 5.90. The molecule has 34 heavy (non-hydrogen) atoms. The molecule has 0 aliphatic carbocycles. The van der Waals surface area contributed by atoms with Crippen LogP contribution in [0.2, 0.25) is 0 Å². The summed E-state index contributed by atoms with van der Waals surface area (Å²) in [6.07, 6.45) is 1.65. The minimum absolute atomic E-state index is 0.0433. The topological polar surface area (TPSA) is 81.0 Å². The van der Waals surface area contributed by atoms with Gasteiger partial charge in [0.15, 0.2) is 0 Å². The molecule has 1 aromatic heterocycles. The maximum absolute atomic E-state index is 13.7. The van der Waals surface area contributed by atoms with Gasteiger partial charge in [-0.1, -0.05) is 41.0 Å². The summed E-state index contributed by atoms with van der Waals surface area (Å²) in [5.41, 5.74) is -0.430. The molecule has 0 saturated heterocycles. The van der Waals surface area contributed by atoms with Crippen molar-refractivity contribution >= 4 is 16.9 Å². The molecule has 1 aromatic carbocycles. The van der Waals surface area contributed by atoms with E-state index in [1.54, 1.807) is 10.6 Å². The molecule has 0 bridgehead atoms. The maximum atomic E-state index is 13.7. The van der Waals surface area contributed by atoms with Gasteiger partial charge in [0.05, 0.1) is 30.8 Å². The summed E-state index contributed by atoms with van der Waals surface area (Å²) in [5.74, 6) is 1.23. The number of hydrogen-bond donors (Lipinski definition) is 1. The van der Waals surface area contributed by atoms with E-state index in [-0.39, 0.29) is 17.5 Å². The smallest absolute Gasteiger partial charge is 0.408 e. The van der Waals surface area contributed by atoms with E-state index in [4.69, 9.17) is 9.47 Å². The lowest BCUT2D eigenvalue weighted by Crippen LogP contribution is -2.45. The summed E-state index contributed by atoms with van der Waals surface area (Å²) in [5, 5.41) is 11.2. The van der Waals surface area contributed by atoms with Gasteiger partial charge in [-0.3, -0.25) is 9.69 Å². The molecule has 0 unspecified atom stereocenters. The van der Waals surface area contributed by atoms with E-state index in [1.165, 1.54) is 4.90 Å². The Bertz CT molecular complexity index is 1040. The molecular formula is C27H42N2O5. The van der Waals surface area contributed by atoms with Crippen LogP contribution in [0.4, 0.5) is 4.79 Å². The number of hydrogen-bond acceptors (Lipinski definition) is 4. The molecule has 0 aliphatic rings. The highest BCUT2D eigenvalue weighted by Gasteiger charge is 2.31. The predicted octanol–water partition coefficient (Wildman–Crippen LogP) is 6.29. The molecule has 190 valence electrons. The standard InChI is InChI=1S/C27H42N2O5/c1-9-11-15-34-23-21-16-19(33-14-10-2)12-13-20(21)24(30)28(18-26(3,4)5)22(23)17-29(25(31)32)27(6,7)8/h12-13,16H,9-11,14-15,17-18H2,1-8H3,(H,31,32). The highest BCUT2D eigenvalue weighted by Crippen LogP contribution is 2.34. The Hall–Kier alpha value is -2.70. The van der Waals surface area contributed by atoms with E-state index in [1.807, 2.05) is 39.8 Å². The van der Waals surface area contributed by atoms with E-state index < -0.39 is 11.6 Å². The van der Waals surface area contributed by atoms with Crippen LogP contribution < -0.4 is 15.0 Å². The van der Waals surface area contributed by atoms with Gasteiger partial charge >= 0.3 is 6.09 Å². The van der Waals surface area contributed by atoms with Crippen LogP contribution in [0.1, 0.15) is 80.3 Å². The molecule has 0 radical (unpaired) electrons. The summed E-state index contributed by atoms with van der Waals surface area (Å²) in [7, 11) is 0. The summed E-state index contributed by atoms with van der Waals surface area (Å²) in [6, 6.07) is 5.45. The molecule has 2 rings (SSSR count). The molecule has 0 fully saturated rings. The largest absolute Gasteiger partial charge is 0.494 e. The fraction of sp³-hybridized carbons (Fsp3) is 0.630. The number of ether oxygens (including phenoxy) is 2. The number of carbonyl (C=O) groups is 1. The van der Waals surface area contributed by atoms with Gasteiger partial charge in [-0.2, -0.15) is 0 Å². The van der Waals surface area contributed by atoms with Crippen LogP contribution in [0.25, 0.3) is 10.8 Å². The Balaban J connectivity index is 2.88. The zero-order valence-electron chi connectivity index (χ0n) is 22.2. The lowest BCUT2D eigenvalue weighted by Gasteiger charge is -2.35. The van der Waals surface area contributed by atoms with Crippen molar-refractivity contribution in [2.45, 2.75) is 93.3 Å². The van der Waals surface area contributed by atoms with Crippen molar-refractivity contribution in [3.63, 3.8) is 0 Å². The van der Waals surface area contributed by atoms with Gasteiger partial charge in [-0.15, -0.1) is 0 Å². The van der Waals surface area contributed by atoms with Crippen molar-refractivity contribution in [3.8, 4) is 11.5 Å². The second-order valence-corrected chi connectivity index (χ2v) is 11.0. The van der Waals surface area contributed by atoms with Crippen molar-refractivity contribution < 1.29 is 19.4 Å². The first-order chi connectivity index (χ1) is 15.8. The van der Waals surface area contributed by atoms with Crippen molar-refractivity contribution in [1.29, 1.82) is 0 Å². The molecule has 1 heterocycles. The second-order valence-electron chi connectivity index (χ2n) is 11.0. The summed E-state index contributed by atoms with van der Waals surface area (Å²) in [6.45, 7) is 17.4. The Morgan fingerprint density at radius 3 is 2.21 bits per heavy atom. The molecule has 2 aromatic rings. The van der Waals surface area contributed by atoms with Gasteiger partial charge in [0, 0.05) is 17.5 Å². The lowest BCUT2D eigenvalue weighted by molar-refractivity contribution is 0.0924. The third-order valence-corrected chi connectivity index (χ3v) is 5.50. The first-order valence-corrected chi connectivity index (χ1v) is 12.3. The summed E-state index contributed by atoms with van der Waals surface area (Å²) in [4.78, 5) is 27.3. The van der Waals surface area contributed by atoms with Gasteiger partial charge in [-0.05, 0) is 57.2 Å². The first kappa shape index (κ1) is 27.5. The summed E-state index contributed by atoms with van der Waals surface area (Å²) < 4.78 is 13.9. The average molecular weight is 475 g/mol. The monoisotopic (exact) mass is 474 g/mol. The summed E-state index contributed by atoms with van der Waals surface area (Å²) >= 11 is 0. The number of amides is 1.